The van der Waals surface area contributed by atoms with Gasteiger partial charge in [0.1, 0.15) is 35.3 Å². The highest BCUT2D eigenvalue weighted by Crippen LogP contribution is 2.41. The molecule has 3 aromatic heterocycles. The topological polar surface area (TPSA) is 128 Å². The van der Waals surface area contributed by atoms with E-state index in [1.54, 1.807) is 16.7 Å². The Kier molecular flexibility index (Phi) is 8.84. The Bertz CT molecular complexity index is 2090. The molecule has 48 heavy (non-hydrogen) atoms. The van der Waals surface area contributed by atoms with Gasteiger partial charge in [0.25, 0.3) is 5.91 Å². The SMILES string of the molecule is CNC(=O)c1cc(Cl)c(COc2cccc(-c3cc(F)c(Cc4nc5c(F)cc(C(=O)O)cc5n4C4COCC4(C)C)cc3F)n2)cn1. The van der Waals surface area contributed by atoms with Crippen LogP contribution in [0.4, 0.5) is 13.2 Å². The van der Waals surface area contributed by atoms with E-state index in [0.29, 0.717) is 12.2 Å². The molecule has 0 aliphatic carbocycles. The summed E-state index contributed by atoms with van der Waals surface area (Å²) in [7, 11) is 1.47. The molecule has 14 heteroatoms. The number of aromatic nitrogens is 4. The number of fused-ring (bicyclic) bond motifs is 1. The Hall–Kier alpha value is -5.01. The molecule has 0 saturated carbocycles. The van der Waals surface area contributed by atoms with E-state index in [4.69, 9.17) is 21.1 Å². The van der Waals surface area contributed by atoms with E-state index in [1.807, 2.05) is 13.8 Å². The van der Waals surface area contributed by atoms with Crippen molar-refractivity contribution in [2.75, 3.05) is 20.3 Å². The van der Waals surface area contributed by atoms with E-state index in [-0.39, 0.29) is 81.5 Å². The zero-order valence-corrected chi connectivity index (χ0v) is 26.7. The Balaban J connectivity index is 1.29. The Morgan fingerprint density at radius 2 is 1.88 bits per heavy atom. The van der Waals surface area contributed by atoms with E-state index in [1.165, 1.54) is 31.4 Å². The van der Waals surface area contributed by atoms with Crippen LogP contribution in [0.2, 0.25) is 5.02 Å². The van der Waals surface area contributed by atoms with Gasteiger partial charge < -0.3 is 24.5 Å². The van der Waals surface area contributed by atoms with Gasteiger partial charge in [0.2, 0.25) is 5.88 Å². The number of pyridine rings is 2. The molecule has 248 valence electrons. The van der Waals surface area contributed by atoms with Crippen molar-refractivity contribution in [1.29, 1.82) is 0 Å². The van der Waals surface area contributed by atoms with Gasteiger partial charge in [-0.25, -0.2) is 27.9 Å². The number of carboxylic acid groups (broad SMARTS) is 1. The van der Waals surface area contributed by atoms with Crippen LogP contribution in [-0.2, 0) is 17.8 Å². The summed E-state index contributed by atoms with van der Waals surface area (Å²) in [6, 6.07) is 9.93. The lowest BCUT2D eigenvalue weighted by Gasteiger charge is -2.28. The summed E-state index contributed by atoms with van der Waals surface area (Å²) in [5.41, 5.74) is 0.0149. The third kappa shape index (κ3) is 6.30. The van der Waals surface area contributed by atoms with E-state index < -0.39 is 34.7 Å². The van der Waals surface area contributed by atoms with Gasteiger partial charge >= 0.3 is 5.97 Å². The van der Waals surface area contributed by atoms with Crippen LogP contribution in [0.3, 0.4) is 0 Å². The monoisotopic (exact) mass is 679 g/mol. The Labute approximate surface area is 277 Å². The molecule has 1 aliphatic rings. The first-order chi connectivity index (χ1) is 22.9. The van der Waals surface area contributed by atoms with Crippen LogP contribution in [0.25, 0.3) is 22.3 Å². The van der Waals surface area contributed by atoms with Gasteiger partial charge in [0, 0.05) is 42.3 Å². The van der Waals surface area contributed by atoms with Crippen molar-refractivity contribution in [2.24, 2.45) is 5.41 Å². The number of ether oxygens (including phenoxy) is 2. The molecule has 4 heterocycles. The second kappa shape index (κ2) is 12.9. The predicted octanol–water partition coefficient (Wildman–Crippen LogP) is 6.39. The highest BCUT2D eigenvalue weighted by molar-refractivity contribution is 6.31. The van der Waals surface area contributed by atoms with Crippen molar-refractivity contribution in [3.63, 3.8) is 0 Å². The smallest absolute Gasteiger partial charge is 0.335 e. The number of nitrogens with one attached hydrogen (secondary N) is 1. The molecule has 1 fully saturated rings. The van der Waals surface area contributed by atoms with Crippen LogP contribution in [0.5, 0.6) is 5.88 Å². The summed E-state index contributed by atoms with van der Waals surface area (Å²) >= 11 is 6.28. The highest BCUT2D eigenvalue weighted by Gasteiger charge is 2.39. The number of carbonyl (C=O) groups excluding carboxylic acids is 1. The normalized spacial score (nSPS) is 15.5. The molecular weight excluding hydrogens is 651 g/mol. The number of rotatable bonds is 9. The number of amides is 1. The third-order valence-corrected chi connectivity index (χ3v) is 8.63. The first-order valence-corrected chi connectivity index (χ1v) is 15.2. The van der Waals surface area contributed by atoms with Gasteiger partial charge in [-0.15, -0.1) is 0 Å². The summed E-state index contributed by atoms with van der Waals surface area (Å²) in [6.07, 6.45) is 1.19. The maximum absolute atomic E-state index is 15.7. The molecule has 0 radical (unpaired) electrons. The van der Waals surface area contributed by atoms with Gasteiger partial charge in [-0.2, -0.15) is 0 Å². The molecule has 1 aliphatic heterocycles. The lowest BCUT2D eigenvalue weighted by molar-refractivity contribution is 0.0696. The first kappa shape index (κ1) is 32.9. The van der Waals surface area contributed by atoms with E-state index in [0.717, 1.165) is 18.2 Å². The largest absolute Gasteiger partial charge is 0.478 e. The molecule has 0 bridgehead atoms. The number of carboxylic acids is 1. The van der Waals surface area contributed by atoms with Crippen molar-refractivity contribution < 1.29 is 37.3 Å². The van der Waals surface area contributed by atoms with Gasteiger partial charge in [0.15, 0.2) is 5.82 Å². The first-order valence-electron chi connectivity index (χ1n) is 14.8. The van der Waals surface area contributed by atoms with Gasteiger partial charge in [-0.3, -0.25) is 9.78 Å². The van der Waals surface area contributed by atoms with Crippen molar-refractivity contribution >= 4 is 34.5 Å². The second-order valence-electron chi connectivity index (χ2n) is 12.0. The average Bonchev–Trinajstić information content (AvgIpc) is 3.59. The minimum absolute atomic E-state index is 0.0434. The van der Waals surface area contributed by atoms with Crippen LogP contribution >= 0.6 is 11.6 Å². The fourth-order valence-corrected chi connectivity index (χ4v) is 5.89. The number of hydrogen-bond donors (Lipinski definition) is 2. The standard InChI is InChI=1S/C34H29ClF3N5O5/c1-34(2)16-47-15-28(34)43-27-9-18(33(45)46)8-24(38)31(27)42-29(43)10-17-7-23(37)20(11-22(17)36)25-5-4-6-30(41-25)48-14-19-13-40-26(12-21(19)35)32(44)39-3/h4-9,11-13,28H,10,14-16H2,1-3H3,(H,39,44)(H,45,46). The maximum atomic E-state index is 15.7. The molecule has 6 rings (SSSR count). The third-order valence-electron chi connectivity index (χ3n) is 8.28. The van der Waals surface area contributed by atoms with Crippen molar-refractivity contribution in [1.82, 2.24) is 24.8 Å². The van der Waals surface area contributed by atoms with Crippen LogP contribution < -0.4 is 10.1 Å². The highest BCUT2D eigenvalue weighted by atomic mass is 35.5. The molecule has 2 aromatic carbocycles. The van der Waals surface area contributed by atoms with Crippen molar-refractivity contribution in [3.8, 4) is 17.1 Å². The zero-order chi connectivity index (χ0) is 34.3. The lowest BCUT2D eigenvalue weighted by atomic mass is 9.87. The molecule has 1 atom stereocenters. The fraction of sp³-hybridized carbons (Fsp3) is 0.265. The minimum Gasteiger partial charge on any atom is -0.478 e. The number of imidazole rings is 1. The van der Waals surface area contributed by atoms with E-state index in [2.05, 4.69) is 20.3 Å². The minimum atomic E-state index is -1.31. The van der Waals surface area contributed by atoms with Crippen LogP contribution in [-0.4, -0.2) is 56.8 Å². The van der Waals surface area contributed by atoms with Crippen molar-refractivity contribution in [3.05, 3.63) is 105 Å². The molecule has 2 N–H and O–H groups in total. The predicted molar refractivity (Wildman–Crippen MR) is 170 cm³/mol. The molecular formula is C34H29ClF3N5O5. The van der Waals surface area contributed by atoms with Crippen LogP contribution in [0.1, 0.15) is 57.7 Å². The van der Waals surface area contributed by atoms with Gasteiger partial charge in [0.05, 0.1) is 41.1 Å². The average molecular weight is 680 g/mol. The number of benzene rings is 2. The Morgan fingerprint density at radius 1 is 1.08 bits per heavy atom. The summed E-state index contributed by atoms with van der Waals surface area (Å²) in [4.78, 5) is 36.3. The maximum Gasteiger partial charge on any atom is 0.335 e. The van der Waals surface area contributed by atoms with Crippen LogP contribution in [0, 0.1) is 22.9 Å². The zero-order valence-electron chi connectivity index (χ0n) is 26.0. The second-order valence-corrected chi connectivity index (χ2v) is 12.4. The van der Waals surface area contributed by atoms with Gasteiger partial charge in [-0.1, -0.05) is 31.5 Å². The lowest BCUT2D eigenvalue weighted by Crippen LogP contribution is -2.27. The number of halogens is 4. The summed E-state index contributed by atoms with van der Waals surface area (Å²) < 4.78 is 59.6. The number of aromatic carboxylic acids is 1. The Morgan fingerprint density at radius 3 is 2.56 bits per heavy atom. The summed E-state index contributed by atoms with van der Waals surface area (Å²) in [6.45, 7) is 4.48. The number of hydrogen-bond acceptors (Lipinski definition) is 7. The molecule has 5 aromatic rings. The quantitative estimate of drug-likeness (QED) is 0.184. The summed E-state index contributed by atoms with van der Waals surface area (Å²) in [5, 5.41) is 12.3. The number of nitrogens with zero attached hydrogens (tertiary/aromatic N) is 4. The molecule has 10 nitrogen and oxygen atoms in total. The van der Waals surface area contributed by atoms with Crippen LogP contribution in [0.15, 0.2) is 54.7 Å². The number of carbonyl (C=O) groups is 2. The molecule has 1 saturated heterocycles. The molecule has 1 unspecified atom stereocenters. The molecule has 0 spiro atoms. The molecule has 1 amide bonds. The fourth-order valence-electron chi connectivity index (χ4n) is 5.68. The van der Waals surface area contributed by atoms with Crippen molar-refractivity contribution in [2.45, 2.75) is 32.9 Å². The van der Waals surface area contributed by atoms with E-state index >= 15 is 13.2 Å². The summed E-state index contributed by atoms with van der Waals surface area (Å²) in [5.74, 6) is -3.71. The van der Waals surface area contributed by atoms with E-state index in [9.17, 15) is 14.7 Å². The van der Waals surface area contributed by atoms with Gasteiger partial charge in [-0.05, 0) is 42.0 Å².